The summed E-state index contributed by atoms with van der Waals surface area (Å²) in [5.41, 5.74) is 0.678. The molecule has 2 aromatic rings. The van der Waals surface area contributed by atoms with Gasteiger partial charge in [-0.2, -0.15) is 0 Å². The summed E-state index contributed by atoms with van der Waals surface area (Å²) in [4.78, 5) is 0. The van der Waals surface area contributed by atoms with Crippen LogP contribution in [0.1, 0.15) is 17.4 Å². The van der Waals surface area contributed by atoms with Gasteiger partial charge in [-0.15, -0.1) is 0 Å². The molecule has 5 heteroatoms. The molecule has 0 saturated carbocycles. The normalized spacial score (nSPS) is 12.7. The van der Waals surface area contributed by atoms with Gasteiger partial charge in [-0.05, 0) is 47.5 Å². The van der Waals surface area contributed by atoms with E-state index in [0.717, 1.165) is 0 Å². The average molecular weight is 320 g/mol. The van der Waals surface area contributed by atoms with E-state index in [2.05, 4.69) is 15.9 Å². The molecule has 1 atom stereocenters. The van der Waals surface area contributed by atoms with Crippen LogP contribution < -0.4 is 0 Å². The summed E-state index contributed by atoms with van der Waals surface area (Å²) in [7, 11) is 0. The lowest BCUT2D eigenvalue weighted by atomic mass is 10.1. The first-order chi connectivity index (χ1) is 8.04. The van der Waals surface area contributed by atoms with Crippen molar-refractivity contribution < 1.29 is 13.9 Å². The first kappa shape index (κ1) is 12.6. The molecule has 2 rings (SSSR count). The number of aliphatic hydroxyl groups excluding tert-OH is 1. The van der Waals surface area contributed by atoms with Gasteiger partial charge >= 0.3 is 0 Å². The monoisotopic (exact) mass is 318 g/mol. The fourth-order valence-corrected chi connectivity index (χ4v) is 2.22. The molecule has 1 N–H and O–H groups in total. The van der Waals surface area contributed by atoms with Crippen molar-refractivity contribution in [3.63, 3.8) is 0 Å². The SMILES string of the molecule is OC(Cc1cc(F)cc(Br)c1)c1ccc(Cl)o1. The molecule has 0 radical (unpaired) electrons. The first-order valence-corrected chi connectivity index (χ1v) is 6.10. The summed E-state index contributed by atoms with van der Waals surface area (Å²) < 4.78 is 18.9. The fourth-order valence-electron chi connectivity index (χ4n) is 1.56. The molecule has 0 aliphatic rings. The Morgan fingerprint density at radius 2 is 2.12 bits per heavy atom. The Kier molecular flexibility index (Phi) is 3.86. The van der Waals surface area contributed by atoms with Gasteiger partial charge in [-0.3, -0.25) is 0 Å². The molecule has 0 saturated heterocycles. The Bertz CT molecular complexity index is 507. The number of halogens is 3. The third-order valence-electron chi connectivity index (χ3n) is 2.27. The second-order valence-corrected chi connectivity index (χ2v) is 4.93. The van der Waals surface area contributed by atoms with Crippen molar-refractivity contribution in [2.75, 3.05) is 0 Å². The van der Waals surface area contributed by atoms with Gasteiger partial charge in [0.2, 0.25) is 0 Å². The maximum absolute atomic E-state index is 13.1. The largest absolute Gasteiger partial charge is 0.447 e. The lowest BCUT2D eigenvalue weighted by Crippen LogP contribution is -2.00. The van der Waals surface area contributed by atoms with E-state index in [4.69, 9.17) is 16.0 Å². The molecule has 2 nitrogen and oxygen atoms in total. The van der Waals surface area contributed by atoms with Crippen molar-refractivity contribution in [3.8, 4) is 0 Å². The summed E-state index contributed by atoms with van der Waals surface area (Å²) in [6.07, 6.45) is -0.573. The lowest BCUT2D eigenvalue weighted by Gasteiger charge is -2.08. The molecular weight excluding hydrogens is 310 g/mol. The second kappa shape index (κ2) is 5.21. The van der Waals surface area contributed by atoms with Crippen LogP contribution in [0, 0.1) is 5.82 Å². The highest BCUT2D eigenvalue weighted by molar-refractivity contribution is 9.10. The van der Waals surface area contributed by atoms with Crippen LogP contribution in [0.25, 0.3) is 0 Å². The van der Waals surface area contributed by atoms with Crippen molar-refractivity contribution in [3.05, 3.63) is 57.2 Å². The van der Waals surface area contributed by atoms with Gasteiger partial charge in [0.1, 0.15) is 17.7 Å². The molecule has 0 fully saturated rings. The molecule has 1 unspecified atom stereocenters. The van der Waals surface area contributed by atoms with Crippen LogP contribution in [-0.2, 0) is 6.42 Å². The maximum atomic E-state index is 13.1. The maximum Gasteiger partial charge on any atom is 0.193 e. The Morgan fingerprint density at radius 1 is 1.35 bits per heavy atom. The van der Waals surface area contributed by atoms with E-state index in [9.17, 15) is 9.50 Å². The van der Waals surface area contributed by atoms with Crippen molar-refractivity contribution >= 4 is 27.5 Å². The molecule has 0 spiro atoms. The average Bonchev–Trinajstić information content (AvgIpc) is 2.63. The zero-order valence-corrected chi connectivity index (χ0v) is 11.0. The van der Waals surface area contributed by atoms with E-state index in [1.165, 1.54) is 12.1 Å². The van der Waals surface area contributed by atoms with Gasteiger partial charge in [-0.1, -0.05) is 15.9 Å². The third-order valence-corrected chi connectivity index (χ3v) is 2.93. The Morgan fingerprint density at radius 3 is 2.71 bits per heavy atom. The van der Waals surface area contributed by atoms with Gasteiger partial charge in [0, 0.05) is 10.9 Å². The number of hydrogen-bond donors (Lipinski definition) is 1. The number of aliphatic hydroxyl groups is 1. The highest BCUT2D eigenvalue weighted by Gasteiger charge is 2.13. The van der Waals surface area contributed by atoms with E-state index in [1.54, 1.807) is 18.2 Å². The van der Waals surface area contributed by atoms with Crippen LogP contribution in [0.15, 0.2) is 39.2 Å². The number of rotatable bonds is 3. The molecule has 0 aliphatic heterocycles. The smallest absolute Gasteiger partial charge is 0.193 e. The van der Waals surface area contributed by atoms with Crippen molar-refractivity contribution in [2.24, 2.45) is 0 Å². The van der Waals surface area contributed by atoms with E-state index >= 15 is 0 Å². The third kappa shape index (κ3) is 3.31. The van der Waals surface area contributed by atoms with E-state index in [-0.39, 0.29) is 17.5 Å². The Hall–Kier alpha value is -0.840. The lowest BCUT2D eigenvalue weighted by molar-refractivity contribution is 0.150. The molecule has 0 aliphatic carbocycles. The van der Waals surface area contributed by atoms with Gasteiger partial charge in [-0.25, -0.2) is 4.39 Å². The van der Waals surface area contributed by atoms with Crippen LogP contribution in [0.4, 0.5) is 4.39 Å². The summed E-state index contributed by atoms with van der Waals surface area (Å²) in [5, 5.41) is 10.1. The molecule has 1 aromatic carbocycles. The number of furan rings is 1. The number of benzene rings is 1. The van der Waals surface area contributed by atoms with Crippen LogP contribution in [0.2, 0.25) is 5.22 Å². The summed E-state index contributed by atoms with van der Waals surface area (Å²) in [6, 6.07) is 7.64. The fraction of sp³-hybridized carbons (Fsp3) is 0.167. The van der Waals surface area contributed by atoms with Crippen LogP contribution in [0.3, 0.4) is 0 Å². The van der Waals surface area contributed by atoms with Gasteiger partial charge < -0.3 is 9.52 Å². The standard InChI is InChI=1S/C12H9BrClFO2/c13-8-3-7(4-9(15)6-8)5-10(16)11-1-2-12(14)17-11/h1-4,6,10,16H,5H2. The highest BCUT2D eigenvalue weighted by atomic mass is 79.9. The molecule has 1 heterocycles. The molecule has 1 aromatic heterocycles. The summed E-state index contributed by atoms with van der Waals surface area (Å²) in [5.74, 6) is 0.0226. The van der Waals surface area contributed by atoms with Crippen LogP contribution in [0.5, 0.6) is 0 Å². The second-order valence-electron chi connectivity index (χ2n) is 3.64. The van der Waals surface area contributed by atoms with E-state index < -0.39 is 6.10 Å². The van der Waals surface area contributed by atoms with Crippen LogP contribution >= 0.6 is 27.5 Å². The minimum Gasteiger partial charge on any atom is -0.447 e. The van der Waals surface area contributed by atoms with Crippen molar-refractivity contribution in [1.29, 1.82) is 0 Å². The molecule has 0 bridgehead atoms. The minimum absolute atomic E-state index is 0.222. The Balaban J connectivity index is 2.15. The summed E-state index contributed by atoms with van der Waals surface area (Å²) in [6.45, 7) is 0. The highest BCUT2D eigenvalue weighted by Crippen LogP contribution is 2.24. The van der Waals surface area contributed by atoms with Crippen LogP contribution in [-0.4, -0.2) is 5.11 Å². The number of hydrogen-bond acceptors (Lipinski definition) is 2. The molecule has 90 valence electrons. The minimum atomic E-state index is -0.837. The summed E-state index contributed by atoms with van der Waals surface area (Å²) >= 11 is 8.81. The predicted octanol–water partition coefficient (Wildman–Crippen LogP) is 4.11. The zero-order valence-electron chi connectivity index (χ0n) is 8.66. The van der Waals surface area contributed by atoms with Gasteiger partial charge in [0.15, 0.2) is 5.22 Å². The quantitative estimate of drug-likeness (QED) is 0.923. The van der Waals surface area contributed by atoms with Gasteiger partial charge in [0.05, 0.1) is 0 Å². The molecule has 17 heavy (non-hydrogen) atoms. The van der Waals surface area contributed by atoms with Crippen molar-refractivity contribution in [1.82, 2.24) is 0 Å². The van der Waals surface area contributed by atoms with Gasteiger partial charge in [0.25, 0.3) is 0 Å². The molecule has 0 amide bonds. The predicted molar refractivity (Wildman–Crippen MR) is 66.5 cm³/mol. The van der Waals surface area contributed by atoms with E-state index in [0.29, 0.717) is 15.8 Å². The first-order valence-electron chi connectivity index (χ1n) is 4.93. The Labute approximate surface area is 111 Å². The van der Waals surface area contributed by atoms with E-state index in [1.807, 2.05) is 0 Å². The van der Waals surface area contributed by atoms with Crippen molar-refractivity contribution in [2.45, 2.75) is 12.5 Å². The zero-order chi connectivity index (χ0) is 12.4. The topological polar surface area (TPSA) is 33.4 Å². The molecular formula is C12H9BrClFO2.